The largest absolute Gasteiger partial charge is 0.468 e. The van der Waals surface area contributed by atoms with Crippen molar-refractivity contribution in [3.05, 3.63) is 17.9 Å². The molecule has 0 fully saturated rings. The van der Waals surface area contributed by atoms with E-state index < -0.39 is 0 Å². The summed E-state index contributed by atoms with van der Waals surface area (Å²) in [5.41, 5.74) is 0. The van der Waals surface area contributed by atoms with Crippen molar-refractivity contribution in [3.8, 4) is 5.95 Å². The van der Waals surface area contributed by atoms with Crippen molar-refractivity contribution in [2.24, 2.45) is 0 Å². The summed E-state index contributed by atoms with van der Waals surface area (Å²) in [5.74, 6) is 1.63. The van der Waals surface area contributed by atoms with E-state index in [9.17, 15) is 0 Å². The molecule has 0 spiro atoms. The van der Waals surface area contributed by atoms with E-state index in [0.717, 1.165) is 5.76 Å². The molecule has 0 amide bonds. The Morgan fingerprint density at radius 2 is 2.44 bits per heavy atom. The zero-order valence-corrected chi connectivity index (χ0v) is 5.81. The molecule has 0 aliphatic rings. The minimum atomic E-state index is 0.392. The molecule has 9 heavy (non-hydrogen) atoms. The summed E-state index contributed by atoms with van der Waals surface area (Å²) in [6, 6.07) is 3.52. The molecule has 0 unspecified atom stereocenters. The van der Waals surface area contributed by atoms with Crippen LogP contribution in [0.3, 0.4) is 0 Å². The van der Waals surface area contributed by atoms with E-state index >= 15 is 0 Å². The van der Waals surface area contributed by atoms with Crippen molar-refractivity contribution in [1.29, 1.82) is 0 Å². The quantitative estimate of drug-likeness (QED) is 0.596. The molecule has 0 saturated heterocycles. The van der Waals surface area contributed by atoms with Gasteiger partial charge in [0.1, 0.15) is 5.76 Å². The first-order chi connectivity index (χ1) is 4.36. The highest BCUT2D eigenvalue weighted by atomic mass is 35.5. The number of methoxy groups -OCH3 is 1. The van der Waals surface area contributed by atoms with Gasteiger partial charge in [-0.2, -0.15) is 0 Å². The Morgan fingerprint density at radius 3 is 2.78 bits per heavy atom. The lowest BCUT2D eigenvalue weighted by Crippen LogP contribution is -1.76. The first kappa shape index (κ1) is 6.49. The maximum atomic E-state index is 5.45. The average Bonchev–Trinajstić information content (AvgIpc) is 2.34. The average molecular weight is 147 g/mol. The molecular weight excluding hydrogens is 140 g/mol. The van der Waals surface area contributed by atoms with Gasteiger partial charge in [0.15, 0.2) is 0 Å². The second kappa shape index (κ2) is 2.78. The first-order valence-electron chi connectivity index (χ1n) is 2.55. The summed E-state index contributed by atoms with van der Waals surface area (Å²) in [6.45, 7) is 0. The smallest absolute Gasteiger partial charge is 0.284 e. The fourth-order valence-corrected chi connectivity index (χ4v) is 0.683. The van der Waals surface area contributed by atoms with E-state index in [1.807, 2.05) is 0 Å². The van der Waals surface area contributed by atoms with Gasteiger partial charge in [-0.3, -0.25) is 0 Å². The summed E-state index contributed by atoms with van der Waals surface area (Å²) in [6.07, 6.45) is 0. The van der Waals surface area contributed by atoms with Gasteiger partial charge in [-0.25, -0.2) is 0 Å². The highest BCUT2D eigenvalue weighted by Gasteiger charge is 1.97. The van der Waals surface area contributed by atoms with Gasteiger partial charge < -0.3 is 9.15 Å². The number of ether oxygens (including phenoxy) is 1. The van der Waals surface area contributed by atoms with E-state index in [4.69, 9.17) is 20.8 Å². The van der Waals surface area contributed by atoms with E-state index in [1.165, 1.54) is 0 Å². The molecule has 1 aromatic rings. The molecule has 0 N–H and O–H groups in total. The number of rotatable bonds is 2. The Kier molecular flexibility index (Phi) is 2.01. The maximum absolute atomic E-state index is 5.45. The third kappa shape index (κ3) is 1.39. The molecule has 0 saturated carbocycles. The number of hydrogen-bond donors (Lipinski definition) is 0. The Balaban J connectivity index is 2.74. The Bertz CT molecular complexity index is 164. The molecule has 0 bridgehead atoms. The molecule has 1 rings (SSSR count). The van der Waals surface area contributed by atoms with Crippen LogP contribution in [0.4, 0.5) is 0 Å². The summed E-state index contributed by atoms with van der Waals surface area (Å²) in [5, 5.41) is 0. The molecular formula is C6H7ClO2. The lowest BCUT2D eigenvalue weighted by atomic mass is 10.5. The number of alkyl halides is 1. The lowest BCUT2D eigenvalue weighted by Gasteiger charge is -1.89. The molecule has 50 valence electrons. The van der Waals surface area contributed by atoms with Gasteiger partial charge in [-0.05, 0) is 6.07 Å². The van der Waals surface area contributed by atoms with Crippen LogP contribution < -0.4 is 4.74 Å². The van der Waals surface area contributed by atoms with Crippen LogP contribution in [0.5, 0.6) is 5.95 Å². The zero-order chi connectivity index (χ0) is 6.69. The standard InChI is InChI=1S/C6H7ClO2/c1-8-6-3-2-5(4-7)9-6/h2-3H,4H2,1H3. The van der Waals surface area contributed by atoms with Gasteiger partial charge in [-0.1, -0.05) is 0 Å². The second-order valence-corrected chi connectivity index (χ2v) is 1.83. The molecule has 0 aliphatic carbocycles. The summed E-state index contributed by atoms with van der Waals surface area (Å²) >= 11 is 5.45. The summed E-state index contributed by atoms with van der Waals surface area (Å²) in [7, 11) is 1.55. The van der Waals surface area contributed by atoms with Gasteiger partial charge in [0.2, 0.25) is 0 Å². The van der Waals surface area contributed by atoms with Crippen LogP contribution >= 0.6 is 11.6 Å². The number of furan rings is 1. The van der Waals surface area contributed by atoms with E-state index in [-0.39, 0.29) is 0 Å². The molecule has 3 heteroatoms. The zero-order valence-electron chi connectivity index (χ0n) is 5.06. The highest BCUT2D eigenvalue weighted by Crippen LogP contribution is 2.15. The van der Waals surface area contributed by atoms with Gasteiger partial charge in [0.05, 0.1) is 13.0 Å². The van der Waals surface area contributed by atoms with Crippen LogP contribution in [0.1, 0.15) is 5.76 Å². The molecule has 0 radical (unpaired) electrons. The predicted molar refractivity (Wildman–Crippen MR) is 34.8 cm³/mol. The maximum Gasteiger partial charge on any atom is 0.284 e. The van der Waals surface area contributed by atoms with Crippen molar-refractivity contribution in [1.82, 2.24) is 0 Å². The SMILES string of the molecule is COc1ccc(CCl)o1. The van der Waals surface area contributed by atoms with Gasteiger partial charge in [0.25, 0.3) is 5.95 Å². The lowest BCUT2D eigenvalue weighted by molar-refractivity contribution is 0.297. The minimum Gasteiger partial charge on any atom is -0.468 e. The van der Waals surface area contributed by atoms with E-state index in [0.29, 0.717) is 11.8 Å². The van der Waals surface area contributed by atoms with Gasteiger partial charge in [0, 0.05) is 6.07 Å². The van der Waals surface area contributed by atoms with Crippen molar-refractivity contribution in [3.63, 3.8) is 0 Å². The van der Waals surface area contributed by atoms with Crippen LogP contribution in [0.25, 0.3) is 0 Å². The Morgan fingerprint density at radius 1 is 1.67 bits per heavy atom. The molecule has 0 aliphatic heterocycles. The van der Waals surface area contributed by atoms with Crippen molar-refractivity contribution in [2.45, 2.75) is 5.88 Å². The fraction of sp³-hybridized carbons (Fsp3) is 0.333. The minimum absolute atomic E-state index is 0.392. The monoisotopic (exact) mass is 146 g/mol. The van der Waals surface area contributed by atoms with Gasteiger partial charge in [-0.15, -0.1) is 11.6 Å². The van der Waals surface area contributed by atoms with Crippen molar-refractivity contribution in [2.75, 3.05) is 7.11 Å². The van der Waals surface area contributed by atoms with Gasteiger partial charge >= 0.3 is 0 Å². The van der Waals surface area contributed by atoms with Crippen molar-refractivity contribution < 1.29 is 9.15 Å². The van der Waals surface area contributed by atoms with Crippen LogP contribution in [0.2, 0.25) is 0 Å². The van der Waals surface area contributed by atoms with Crippen molar-refractivity contribution >= 4 is 11.6 Å². The third-order valence-electron chi connectivity index (χ3n) is 0.970. The topological polar surface area (TPSA) is 22.4 Å². The van der Waals surface area contributed by atoms with Crippen LogP contribution in [-0.4, -0.2) is 7.11 Å². The molecule has 0 aromatic carbocycles. The second-order valence-electron chi connectivity index (χ2n) is 1.56. The third-order valence-corrected chi connectivity index (χ3v) is 1.23. The Hall–Kier alpha value is -0.630. The molecule has 1 aromatic heterocycles. The molecule has 2 nitrogen and oxygen atoms in total. The predicted octanol–water partition coefficient (Wildman–Crippen LogP) is 2.03. The van der Waals surface area contributed by atoms with Crippen LogP contribution in [0.15, 0.2) is 16.5 Å². The number of hydrogen-bond acceptors (Lipinski definition) is 2. The normalized spacial score (nSPS) is 9.56. The molecule has 0 atom stereocenters. The van der Waals surface area contributed by atoms with Crippen LogP contribution in [0, 0.1) is 0 Å². The van der Waals surface area contributed by atoms with E-state index in [2.05, 4.69) is 0 Å². The molecule has 1 heterocycles. The fourth-order valence-electron chi connectivity index (χ4n) is 0.540. The van der Waals surface area contributed by atoms with Crippen LogP contribution in [-0.2, 0) is 5.88 Å². The highest BCUT2D eigenvalue weighted by molar-refractivity contribution is 6.16. The summed E-state index contributed by atoms with van der Waals surface area (Å²) in [4.78, 5) is 0. The van der Waals surface area contributed by atoms with E-state index in [1.54, 1.807) is 19.2 Å². The first-order valence-corrected chi connectivity index (χ1v) is 3.09. The Labute approximate surface area is 58.4 Å². The number of halogens is 1. The summed E-state index contributed by atoms with van der Waals surface area (Å²) < 4.78 is 9.80.